The number of fused-ring (bicyclic) bond motifs is 1. The zero-order chi connectivity index (χ0) is 14.9. The molecule has 2 aromatic carbocycles. The summed E-state index contributed by atoms with van der Waals surface area (Å²) in [6.45, 7) is 6.27. The molecule has 0 aromatic heterocycles. The van der Waals surface area contributed by atoms with Crippen LogP contribution in [0.2, 0.25) is 0 Å². The third-order valence-corrected chi connectivity index (χ3v) is 4.62. The van der Waals surface area contributed by atoms with Crippen LogP contribution in [0.1, 0.15) is 37.6 Å². The molecule has 0 fully saturated rings. The van der Waals surface area contributed by atoms with Crippen LogP contribution in [0.5, 0.6) is 0 Å². The van der Waals surface area contributed by atoms with Gasteiger partial charge in [0.15, 0.2) is 0 Å². The second kappa shape index (κ2) is 5.57. The Morgan fingerprint density at radius 3 is 2.40 bits per heavy atom. The highest BCUT2D eigenvalue weighted by Crippen LogP contribution is 2.24. The van der Waals surface area contributed by atoms with Gasteiger partial charge in [-0.25, -0.2) is 0 Å². The van der Waals surface area contributed by atoms with Gasteiger partial charge < -0.3 is 4.90 Å². The zero-order valence-electron chi connectivity index (χ0n) is 12.4. The van der Waals surface area contributed by atoms with Gasteiger partial charge in [0.2, 0.25) is 0 Å². The average Bonchev–Trinajstić information content (AvgIpc) is 2.45. The molecule has 0 radical (unpaired) electrons. The van der Waals surface area contributed by atoms with Gasteiger partial charge in [0.25, 0.3) is 5.91 Å². The van der Waals surface area contributed by atoms with Gasteiger partial charge in [-0.2, -0.15) is 0 Å². The maximum atomic E-state index is 12.6. The number of hydrogen-bond acceptors (Lipinski definition) is 1. The number of carbonyl (C=O) groups excluding carboxylic acids is 1. The summed E-state index contributed by atoms with van der Waals surface area (Å²) in [5, 5.41) is 2.22. The summed E-state index contributed by atoms with van der Waals surface area (Å²) >= 11 is 3.46. The first-order valence-corrected chi connectivity index (χ1v) is 7.62. The summed E-state index contributed by atoms with van der Waals surface area (Å²) in [7, 11) is 1.87. The van der Waals surface area contributed by atoms with Crippen molar-refractivity contribution in [2.24, 2.45) is 0 Å². The van der Waals surface area contributed by atoms with Crippen LogP contribution in [0.3, 0.4) is 0 Å². The fourth-order valence-electron chi connectivity index (χ4n) is 2.06. The maximum Gasteiger partial charge on any atom is 0.254 e. The summed E-state index contributed by atoms with van der Waals surface area (Å²) in [6, 6.07) is 12.0. The Bertz CT molecular complexity index is 648. The van der Waals surface area contributed by atoms with Gasteiger partial charge in [-0.15, -0.1) is 0 Å². The molecule has 0 saturated heterocycles. The molecular formula is C17H20BrNO. The predicted octanol–water partition coefficient (Wildman–Crippen LogP) is 4.86. The van der Waals surface area contributed by atoms with Crippen molar-refractivity contribution in [3.05, 3.63) is 46.4 Å². The van der Waals surface area contributed by atoms with E-state index in [0.29, 0.717) is 0 Å². The van der Waals surface area contributed by atoms with E-state index in [9.17, 15) is 4.79 Å². The number of halogens is 1. The van der Waals surface area contributed by atoms with Crippen molar-refractivity contribution in [1.29, 1.82) is 0 Å². The van der Waals surface area contributed by atoms with E-state index in [1.165, 1.54) is 0 Å². The second-order valence-electron chi connectivity index (χ2n) is 5.74. The lowest BCUT2D eigenvalue weighted by atomic mass is 9.98. The lowest BCUT2D eigenvalue weighted by molar-refractivity contribution is 0.0620. The molecule has 3 heteroatoms. The summed E-state index contributed by atoms with van der Waals surface area (Å²) in [4.78, 5) is 14.4. The van der Waals surface area contributed by atoms with Crippen LogP contribution in [-0.4, -0.2) is 23.4 Å². The Morgan fingerprint density at radius 1 is 1.15 bits per heavy atom. The van der Waals surface area contributed by atoms with E-state index >= 15 is 0 Å². The monoisotopic (exact) mass is 333 g/mol. The number of hydrogen-bond donors (Lipinski definition) is 0. The Hall–Kier alpha value is -1.35. The molecule has 2 rings (SSSR count). The van der Waals surface area contributed by atoms with Crippen LogP contribution in [0.25, 0.3) is 10.8 Å². The maximum absolute atomic E-state index is 12.6. The number of benzene rings is 2. The van der Waals surface area contributed by atoms with Crippen molar-refractivity contribution in [1.82, 2.24) is 4.90 Å². The van der Waals surface area contributed by atoms with E-state index in [-0.39, 0.29) is 11.4 Å². The van der Waals surface area contributed by atoms with Crippen LogP contribution >= 0.6 is 15.9 Å². The number of rotatable bonds is 3. The molecule has 20 heavy (non-hydrogen) atoms. The minimum absolute atomic E-state index is 0.0710. The zero-order valence-corrected chi connectivity index (χ0v) is 14.0. The summed E-state index contributed by atoms with van der Waals surface area (Å²) in [5.74, 6) is 0.0710. The normalized spacial score (nSPS) is 11.7. The van der Waals surface area contributed by atoms with Crippen LogP contribution in [0, 0.1) is 0 Å². The SMILES string of the molecule is CCC(C)(C)N(C)C(=O)c1ccc2cc(Br)ccc2c1. The van der Waals surface area contributed by atoms with E-state index in [1.54, 1.807) is 0 Å². The van der Waals surface area contributed by atoms with Crippen molar-refractivity contribution in [2.45, 2.75) is 32.7 Å². The predicted molar refractivity (Wildman–Crippen MR) is 88.1 cm³/mol. The standard InChI is InChI=1S/C17H20BrNO/c1-5-17(2,3)19(4)16(20)14-7-6-13-11-15(18)9-8-12(13)10-14/h6-11H,5H2,1-4H3. The van der Waals surface area contributed by atoms with E-state index < -0.39 is 0 Å². The molecule has 2 nitrogen and oxygen atoms in total. The van der Waals surface area contributed by atoms with Crippen molar-refractivity contribution in [3.8, 4) is 0 Å². The van der Waals surface area contributed by atoms with Gasteiger partial charge in [0.05, 0.1) is 0 Å². The third-order valence-electron chi connectivity index (χ3n) is 4.13. The summed E-state index contributed by atoms with van der Waals surface area (Å²) in [5.41, 5.74) is 0.606. The van der Waals surface area contributed by atoms with Gasteiger partial charge in [-0.05, 0) is 55.3 Å². The van der Waals surface area contributed by atoms with Crippen molar-refractivity contribution in [3.63, 3.8) is 0 Å². The van der Waals surface area contributed by atoms with E-state index in [2.05, 4.69) is 42.8 Å². The van der Waals surface area contributed by atoms with Crippen molar-refractivity contribution < 1.29 is 4.79 Å². The molecule has 0 aliphatic heterocycles. The molecule has 0 atom stereocenters. The van der Waals surface area contributed by atoms with Crippen molar-refractivity contribution in [2.75, 3.05) is 7.05 Å². The minimum atomic E-state index is -0.133. The van der Waals surface area contributed by atoms with E-state index in [0.717, 1.165) is 27.2 Å². The average molecular weight is 334 g/mol. The van der Waals surface area contributed by atoms with Crippen LogP contribution < -0.4 is 0 Å². The highest BCUT2D eigenvalue weighted by atomic mass is 79.9. The van der Waals surface area contributed by atoms with Crippen LogP contribution in [0.15, 0.2) is 40.9 Å². The summed E-state index contributed by atoms with van der Waals surface area (Å²) in [6.07, 6.45) is 0.926. The fourth-order valence-corrected chi connectivity index (χ4v) is 2.43. The molecule has 2 aromatic rings. The summed E-state index contributed by atoms with van der Waals surface area (Å²) < 4.78 is 1.05. The smallest absolute Gasteiger partial charge is 0.254 e. The second-order valence-corrected chi connectivity index (χ2v) is 6.65. The highest BCUT2D eigenvalue weighted by Gasteiger charge is 2.26. The Morgan fingerprint density at radius 2 is 1.75 bits per heavy atom. The number of amides is 1. The first-order chi connectivity index (χ1) is 9.35. The molecule has 0 heterocycles. The van der Waals surface area contributed by atoms with Crippen LogP contribution in [0.4, 0.5) is 0 Å². The molecule has 0 N–H and O–H groups in total. The molecule has 0 aliphatic rings. The highest BCUT2D eigenvalue weighted by molar-refractivity contribution is 9.10. The van der Waals surface area contributed by atoms with Crippen molar-refractivity contribution >= 4 is 32.6 Å². The van der Waals surface area contributed by atoms with Gasteiger partial charge in [-0.3, -0.25) is 4.79 Å². The third kappa shape index (κ3) is 2.88. The molecule has 0 saturated carbocycles. The first-order valence-electron chi connectivity index (χ1n) is 6.82. The molecular weight excluding hydrogens is 314 g/mol. The Kier molecular flexibility index (Phi) is 4.19. The molecule has 0 aliphatic carbocycles. The van der Waals surface area contributed by atoms with Gasteiger partial charge in [0, 0.05) is 22.6 Å². The lowest BCUT2D eigenvalue weighted by Crippen LogP contribution is -2.44. The first kappa shape index (κ1) is 15.0. The molecule has 0 unspecified atom stereocenters. The van der Waals surface area contributed by atoms with Gasteiger partial charge in [-0.1, -0.05) is 35.0 Å². The van der Waals surface area contributed by atoms with Gasteiger partial charge in [0.1, 0.15) is 0 Å². The molecule has 106 valence electrons. The Balaban J connectivity index is 2.38. The molecule has 1 amide bonds. The number of carbonyl (C=O) groups is 1. The largest absolute Gasteiger partial charge is 0.337 e. The topological polar surface area (TPSA) is 20.3 Å². The van der Waals surface area contributed by atoms with Gasteiger partial charge >= 0.3 is 0 Å². The fraction of sp³-hybridized carbons (Fsp3) is 0.353. The number of nitrogens with zero attached hydrogens (tertiary/aromatic N) is 1. The molecule has 0 bridgehead atoms. The minimum Gasteiger partial charge on any atom is -0.337 e. The quantitative estimate of drug-likeness (QED) is 0.785. The van der Waals surface area contributed by atoms with E-state index in [4.69, 9.17) is 0 Å². The van der Waals surface area contributed by atoms with Crippen LogP contribution in [-0.2, 0) is 0 Å². The van der Waals surface area contributed by atoms with E-state index in [1.807, 2.05) is 42.3 Å². The molecule has 0 spiro atoms. The lowest BCUT2D eigenvalue weighted by Gasteiger charge is -2.35. The Labute approximate surface area is 128 Å².